The van der Waals surface area contributed by atoms with Crippen LogP contribution >= 0.6 is 11.3 Å². The highest BCUT2D eigenvalue weighted by molar-refractivity contribution is 7.15. The summed E-state index contributed by atoms with van der Waals surface area (Å²) in [7, 11) is 1.68. The lowest BCUT2D eigenvalue weighted by Crippen LogP contribution is -2.02. The normalized spacial score (nSPS) is 14.7. The van der Waals surface area contributed by atoms with Crippen molar-refractivity contribution < 1.29 is 9.47 Å². The van der Waals surface area contributed by atoms with Gasteiger partial charge in [0, 0.05) is 23.3 Å². The Morgan fingerprint density at radius 2 is 2.26 bits per heavy atom. The molecule has 0 unspecified atom stereocenters. The van der Waals surface area contributed by atoms with Gasteiger partial charge in [-0.3, -0.25) is 4.40 Å². The van der Waals surface area contributed by atoms with Crippen molar-refractivity contribution in [2.45, 2.75) is 12.8 Å². The Bertz CT molecular complexity index is 817. The van der Waals surface area contributed by atoms with Crippen LogP contribution in [0.4, 0.5) is 0 Å². The maximum atomic E-state index is 6.02. The van der Waals surface area contributed by atoms with Crippen molar-refractivity contribution in [3.63, 3.8) is 0 Å². The summed E-state index contributed by atoms with van der Waals surface area (Å²) in [6.45, 7) is 0.765. The zero-order valence-corrected chi connectivity index (χ0v) is 13.8. The third kappa shape index (κ3) is 3.10. The molecule has 118 valence electrons. The molecule has 1 aliphatic carbocycles. The number of thiazole rings is 1. The van der Waals surface area contributed by atoms with Gasteiger partial charge in [-0.1, -0.05) is 12.1 Å². The molecular weight excluding hydrogens is 308 g/mol. The van der Waals surface area contributed by atoms with Crippen LogP contribution in [0.25, 0.3) is 17.1 Å². The van der Waals surface area contributed by atoms with E-state index in [0.717, 1.165) is 34.3 Å². The summed E-state index contributed by atoms with van der Waals surface area (Å²) in [5, 5.41) is 2.03. The monoisotopic (exact) mass is 326 g/mol. The van der Waals surface area contributed by atoms with E-state index < -0.39 is 0 Å². The van der Waals surface area contributed by atoms with Crippen molar-refractivity contribution >= 4 is 28.4 Å². The van der Waals surface area contributed by atoms with Crippen LogP contribution in [0.2, 0.25) is 0 Å². The standard InChI is InChI=1S/C18H18N2O2S/c1-21-16-4-2-3-14(17(16)22-12-13-5-6-13)7-8-15-11-20-9-10-23-18(20)19-15/h2-4,7-11,13H,5-6,12H2,1H3. The number of benzene rings is 1. The van der Waals surface area contributed by atoms with Crippen molar-refractivity contribution in [2.24, 2.45) is 5.92 Å². The average molecular weight is 326 g/mol. The van der Waals surface area contributed by atoms with E-state index in [2.05, 4.69) is 4.98 Å². The summed E-state index contributed by atoms with van der Waals surface area (Å²) in [5.41, 5.74) is 1.95. The first kappa shape index (κ1) is 14.3. The molecule has 5 heteroatoms. The summed E-state index contributed by atoms with van der Waals surface area (Å²) < 4.78 is 13.5. The Morgan fingerprint density at radius 1 is 1.35 bits per heavy atom. The number of hydrogen-bond donors (Lipinski definition) is 0. The van der Waals surface area contributed by atoms with Crippen LogP contribution in [0, 0.1) is 5.92 Å². The number of imidazole rings is 1. The molecule has 2 heterocycles. The molecule has 23 heavy (non-hydrogen) atoms. The molecule has 0 amide bonds. The number of rotatable bonds is 6. The number of ether oxygens (including phenoxy) is 2. The highest BCUT2D eigenvalue weighted by Crippen LogP contribution is 2.35. The average Bonchev–Trinajstić information content (AvgIpc) is 3.16. The molecule has 1 aromatic carbocycles. The summed E-state index contributed by atoms with van der Waals surface area (Å²) in [5.74, 6) is 2.30. The third-order valence-corrected chi connectivity index (χ3v) is 4.71. The molecule has 4 nitrogen and oxygen atoms in total. The van der Waals surface area contributed by atoms with E-state index in [-0.39, 0.29) is 0 Å². The SMILES string of the molecule is COc1cccc(C=Cc2cn3ccsc3n2)c1OCC1CC1. The topological polar surface area (TPSA) is 35.8 Å². The second kappa shape index (κ2) is 6.08. The molecule has 0 radical (unpaired) electrons. The molecule has 1 fully saturated rings. The number of methoxy groups -OCH3 is 1. The quantitative estimate of drug-likeness (QED) is 0.675. The van der Waals surface area contributed by atoms with Crippen LogP contribution in [0.15, 0.2) is 36.0 Å². The van der Waals surface area contributed by atoms with Gasteiger partial charge >= 0.3 is 0 Å². The molecule has 1 aliphatic rings. The lowest BCUT2D eigenvalue weighted by atomic mass is 10.1. The van der Waals surface area contributed by atoms with E-state index in [1.165, 1.54) is 12.8 Å². The van der Waals surface area contributed by atoms with Crippen molar-refractivity contribution in [3.05, 3.63) is 47.2 Å². The minimum atomic E-state index is 0.705. The van der Waals surface area contributed by atoms with Crippen LogP contribution < -0.4 is 9.47 Å². The van der Waals surface area contributed by atoms with Gasteiger partial charge in [0.2, 0.25) is 0 Å². The summed E-state index contributed by atoms with van der Waals surface area (Å²) in [4.78, 5) is 5.57. The number of aromatic nitrogens is 2. The Hall–Kier alpha value is -2.27. The molecule has 0 aliphatic heterocycles. The lowest BCUT2D eigenvalue weighted by Gasteiger charge is -2.13. The number of nitrogens with zero attached hydrogens (tertiary/aromatic N) is 2. The van der Waals surface area contributed by atoms with E-state index in [0.29, 0.717) is 5.92 Å². The summed E-state index contributed by atoms with van der Waals surface area (Å²) in [6, 6.07) is 5.96. The number of para-hydroxylation sites is 1. The first-order valence-corrected chi connectivity index (χ1v) is 8.61. The van der Waals surface area contributed by atoms with Gasteiger partial charge in [-0.15, -0.1) is 11.3 Å². The van der Waals surface area contributed by atoms with Gasteiger partial charge in [-0.2, -0.15) is 0 Å². The Kier molecular flexibility index (Phi) is 3.79. The highest BCUT2D eigenvalue weighted by Gasteiger charge is 2.23. The summed E-state index contributed by atoms with van der Waals surface area (Å²) in [6.07, 6.45) is 10.6. The minimum absolute atomic E-state index is 0.705. The molecule has 1 saturated carbocycles. The van der Waals surface area contributed by atoms with Gasteiger partial charge in [0.1, 0.15) is 0 Å². The summed E-state index contributed by atoms with van der Waals surface area (Å²) >= 11 is 1.63. The molecule has 0 atom stereocenters. The van der Waals surface area contributed by atoms with E-state index in [4.69, 9.17) is 9.47 Å². The predicted octanol–water partition coefficient (Wildman–Crippen LogP) is 4.36. The van der Waals surface area contributed by atoms with E-state index >= 15 is 0 Å². The van der Waals surface area contributed by atoms with Crippen molar-refractivity contribution in [1.29, 1.82) is 0 Å². The molecule has 4 rings (SSSR count). The second-order valence-corrected chi connectivity index (χ2v) is 6.60. The maximum absolute atomic E-state index is 6.02. The highest BCUT2D eigenvalue weighted by atomic mass is 32.1. The van der Waals surface area contributed by atoms with Crippen LogP contribution in [0.5, 0.6) is 11.5 Å². The number of hydrogen-bond acceptors (Lipinski definition) is 4. The van der Waals surface area contributed by atoms with E-state index in [9.17, 15) is 0 Å². The second-order valence-electron chi connectivity index (χ2n) is 5.72. The predicted molar refractivity (Wildman–Crippen MR) is 93.2 cm³/mol. The fourth-order valence-corrected chi connectivity index (χ4v) is 3.17. The maximum Gasteiger partial charge on any atom is 0.194 e. The van der Waals surface area contributed by atoms with Gasteiger partial charge in [-0.25, -0.2) is 4.98 Å². The first-order valence-electron chi connectivity index (χ1n) is 7.73. The van der Waals surface area contributed by atoms with Crippen molar-refractivity contribution in [1.82, 2.24) is 9.38 Å². The fourth-order valence-electron chi connectivity index (χ4n) is 2.47. The Morgan fingerprint density at radius 3 is 3.04 bits per heavy atom. The molecule has 0 spiro atoms. The molecular formula is C18H18N2O2S. The fraction of sp³-hybridized carbons (Fsp3) is 0.278. The molecule has 0 bridgehead atoms. The van der Waals surface area contributed by atoms with Crippen LogP contribution in [0.1, 0.15) is 24.1 Å². The third-order valence-electron chi connectivity index (χ3n) is 3.94. The smallest absolute Gasteiger partial charge is 0.194 e. The van der Waals surface area contributed by atoms with Crippen LogP contribution in [-0.4, -0.2) is 23.1 Å². The van der Waals surface area contributed by atoms with E-state index in [1.54, 1.807) is 18.4 Å². The molecule has 2 aromatic heterocycles. The lowest BCUT2D eigenvalue weighted by molar-refractivity contribution is 0.280. The van der Waals surface area contributed by atoms with Crippen molar-refractivity contribution in [3.8, 4) is 11.5 Å². The van der Waals surface area contributed by atoms with E-state index in [1.807, 2.05) is 52.5 Å². The van der Waals surface area contributed by atoms with Gasteiger partial charge in [0.05, 0.1) is 19.4 Å². The largest absolute Gasteiger partial charge is 0.493 e. The molecule has 0 saturated heterocycles. The van der Waals surface area contributed by atoms with Gasteiger partial charge in [0.15, 0.2) is 16.5 Å². The van der Waals surface area contributed by atoms with Gasteiger partial charge < -0.3 is 9.47 Å². The van der Waals surface area contributed by atoms with Gasteiger partial charge in [-0.05, 0) is 37.0 Å². The van der Waals surface area contributed by atoms with Crippen LogP contribution in [-0.2, 0) is 0 Å². The number of fused-ring (bicyclic) bond motifs is 1. The Balaban J connectivity index is 1.60. The minimum Gasteiger partial charge on any atom is -0.493 e. The van der Waals surface area contributed by atoms with Crippen LogP contribution in [0.3, 0.4) is 0 Å². The first-order chi connectivity index (χ1) is 11.3. The zero-order chi connectivity index (χ0) is 15.6. The molecule has 0 N–H and O–H groups in total. The van der Waals surface area contributed by atoms with Gasteiger partial charge in [0.25, 0.3) is 0 Å². The Labute approximate surface area is 139 Å². The zero-order valence-electron chi connectivity index (χ0n) is 12.9. The van der Waals surface area contributed by atoms with Crippen molar-refractivity contribution in [2.75, 3.05) is 13.7 Å². The molecule has 3 aromatic rings.